The smallest absolute Gasteiger partial charge is 0.358 e. The molecule has 0 radical (unpaired) electrons. The SMILES string of the molecule is CCc1c(C(=O)O)nnn1-c1ccc(N2CCC(C)CC2)cc1. The van der Waals surface area contributed by atoms with Crippen LogP contribution in [0, 0.1) is 5.92 Å². The lowest BCUT2D eigenvalue weighted by molar-refractivity contribution is 0.0689. The van der Waals surface area contributed by atoms with Crippen LogP contribution in [0.3, 0.4) is 0 Å². The van der Waals surface area contributed by atoms with Gasteiger partial charge in [-0.2, -0.15) is 0 Å². The number of rotatable bonds is 4. The third-order valence-corrected chi connectivity index (χ3v) is 4.54. The topological polar surface area (TPSA) is 71.2 Å². The first kappa shape index (κ1) is 15.5. The molecule has 1 aromatic carbocycles. The highest BCUT2D eigenvalue weighted by Gasteiger charge is 2.19. The monoisotopic (exact) mass is 314 g/mol. The molecule has 0 aliphatic carbocycles. The molecule has 1 aliphatic heterocycles. The molecule has 23 heavy (non-hydrogen) atoms. The Morgan fingerprint density at radius 2 is 1.83 bits per heavy atom. The Labute approximate surface area is 135 Å². The third kappa shape index (κ3) is 3.06. The van der Waals surface area contributed by atoms with Crippen LogP contribution in [-0.2, 0) is 6.42 Å². The predicted molar refractivity (Wildman–Crippen MR) is 88.3 cm³/mol. The number of aromatic carboxylic acids is 1. The maximum atomic E-state index is 11.2. The Hall–Kier alpha value is -2.37. The van der Waals surface area contributed by atoms with Gasteiger partial charge in [0.05, 0.1) is 11.4 Å². The van der Waals surface area contributed by atoms with Crippen LogP contribution < -0.4 is 4.90 Å². The van der Waals surface area contributed by atoms with E-state index in [1.54, 1.807) is 4.68 Å². The molecule has 1 saturated heterocycles. The molecule has 3 rings (SSSR count). The number of hydrogen-bond acceptors (Lipinski definition) is 4. The van der Waals surface area contributed by atoms with Crippen LogP contribution >= 0.6 is 0 Å². The normalized spacial score (nSPS) is 15.8. The number of piperidine rings is 1. The van der Waals surface area contributed by atoms with Crippen molar-refractivity contribution in [3.8, 4) is 5.69 Å². The molecule has 0 atom stereocenters. The first-order chi connectivity index (χ1) is 11.1. The van der Waals surface area contributed by atoms with Gasteiger partial charge in [-0.25, -0.2) is 9.48 Å². The molecule has 0 unspecified atom stereocenters. The van der Waals surface area contributed by atoms with Crippen LogP contribution in [0.15, 0.2) is 24.3 Å². The van der Waals surface area contributed by atoms with Crippen LogP contribution in [0.5, 0.6) is 0 Å². The highest BCUT2D eigenvalue weighted by Crippen LogP contribution is 2.24. The molecular weight excluding hydrogens is 292 g/mol. The molecule has 6 heteroatoms. The van der Waals surface area contributed by atoms with Crippen molar-refractivity contribution in [3.63, 3.8) is 0 Å². The van der Waals surface area contributed by atoms with Gasteiger partial charge in [-0.05, 0) is 49.4 Å². The fraction of sp³-hybridized carbons (Fsp3) is 0.471. The first-order valence-corrected chi connectivity index (χ1v) is 8.13. The average Bonchev–Trinajstić information content (AvgIpc) is 3.00. The van der Waals surface area contributed by atoms with E-state index in [1.807, 2.05) is 19.1 Å². The van der Waals surface area contributed by atoms with Gasteiger partial charge in [0.15, 0.2) is 5.69 Å². The summed E-state index contributed by atoms with van der Waals surface area (Å²) >= 11 is 0. The molecule has 6 nitrogen and oxygen atoms in total. The summed E-state index contributed by atoms with van der Waals surface area (Å²) in [5, 5.41) is 17.0. The second-order valence-corrected chi connectivity index (χ2v) is 6.14. The Morgan fingerprint density at radius 1 is 1.22 bits per heavy atom. The summed E-state index contributed by atoms with van der Waals surface area (Å²) in [4.78, 5) is 13.6. The number of aromatic nitrogens is 3. The van der Waals surface area contributed by atoms with Crippen molar-refractivity contribution in [2.24, 2.45) is 5.92 Å². The minimum absolute atomic E-state index is 0.0293. The molecule has 1 aliphatic rings. The summed E-state index contributed by atoms with van der Waals surface area (Å²) in [5.74, 6) is -0.227. The number of carboxylic acids is 1. The predicted octanol–water partition coefficient (Wildman–Crippen LogP) is 2.76. The highest BCUT2D eigenvalue weighted by atomic mass is 16.4. The van der Waals surface area contributed by atoms with Crippen molar-refractivity contribution in [2.75, 3.05) is 18.0 Å². The van der Waals surface area contributed by atoms with Crippen LogP contribution in [0.4, 0.5) is 5.69 Å². The number of benzene rings is 1. The lowest BCUT2D eigenvalue weighted by atomic mass is 9.99. The summed E-state index contributed by atoms with van der Waals surface area (Å²) < 4.78 is 1.62. The van der Waals surface area contributed by atoms with Crippen molar-refractivity contribution >= 4 is 11.7 Å². The van der Waals surface area contributed by atoms with Gasteiger partial charge in [-0.3, -0.25) is 0 Å². The molecule has 0 saturated carbocycles. The zero-order chi connectivity index (χ0) is 16.4. The van der Waals surface area contributed by atoms with Crippen LogP contribution in [0.1, 0.15) is 42.9 Å². The zero-order valence-corrected chi connectivity index (χ0v) is 13.6. The number of carboxylic acid groups (broad SMARTS) is 1. The maximum Gasteiger partial charge on any atom is 0.358 e. The van der Waals surface area contributed by atoms with Gasteiger partial charge >= 0.3 is 5.97 Å². The number of anilines is 1. The Bertz CT molecular complexity index is 685. The molecule has 1 aromatic heterocycles. The Balaban J connectivity index is 1.84. The van der Waals surface area contributed by atoms with Crippen molar-refractivity contribution in [2.45, 2.75) is 33.1 Å². The quantitative estimate of drug-likeness (QED) is 0.939. The summed E-state index contributed by atoms with van der Waals surface area (Å²) in [7, 11) is 0. The standard InChI is InChI=1S/C17H22N4O2/c1-3-15-16(17(22)23)18-19-21(15)14-6-4-13(5-7-14)20-10-8-12(2)9-11-20/h4-7,12H,3,8-11H2,1-2H3,(H,22,23). The average molecular weight is 314 g/mol. The highest BCUT2D eigenvalue weighted by molar-refractivity contribution is 5.86. The molecular formula is C17H22N4O2. The minimum atomic E-state index is -1.04. The molecule has 2 heterocycles. The van der Waals surface area contributed by atoms with E-state index in [4.69, 9.17) is 0 Å². The molecule has 122 valence electrons. The molecule has 1 fully saturated rings. The van der Waals surface area contributed by atoms with Crippen molar-refractivity contribution < 1.29 is 9.90 Å². The van der Waals surface area contributed by atoms with Crippen molar-refractivity contribution in [3.05, 3.63) is 35.7 Å². The lowest BCUT2D eigenvalue weighted by Gasteiger charge is -2.32. The van der Waals surface area contributed by atoms with Gasteiger partial charge in [-0.1, -0.05) is 19.1 Å². The second-order valence-electron chi connectivity index (χ2n) is 6.14. The maximum absolute atomic E-state index is 11.2. The molecule has 2 aromatic rings. The summed E-state index contributed by atoms with van der Waals surface area (Å²) in [6.45, 7) is 6.39. The van der Waals surface area contributed by atoms with E-state index < -0.39 is 5.97 Å². The van der Waals surface area contributed by atoms with Gasteiger partial charge in [0.2, 0.25) is 0 Å². The first-order valence-electron chi connectivity index (χ1n) is 8.13. The van der Waals surface area contributed by atoms with E-state index in [9.17, 15) is 9.90 Å². The zero-order valence-electron chi connectivity index (χ0n) is 13.6. The van der Waals surface area contributed by atoms with E-state index in [-0.39, 0.29) is 5.69 Å². The van der Waals surface area contributed by atoms with E-state index >= 15 is 0 Å². The van der Waals surface area contributed by atoms with E-state index in [0.29, 0.717) is 12.1 Å². The van der Waals surface area contributed by atoms with Crippen LogP contribution in [0.2, 0.25) is 0 Å². The van der Waals surface area contributed by atoms with Gasteiger partial charge < -0.3 is 10.0 Å². The van der Waals surface area contributed by atoms with E-state index in [1.165, 1.54) is 18.5 Å². The van der Waals surface area contributed by atoms with Gasteiger partial charge in [-0.15, -0.1) is 5.10 Å². The largest absolute Gasteiger partial charge is 0.476 e. The van der Waals surface area contributed by atoms with Gasteiger partial charge in [0, 0.05) is 18.8 Å². The van der Waals surface area contributed by atoms with Gasteiger partial charge in [0.25, 0.3) is 0 Å². The number of carbonyl (C=O) groups is 1. The third-order valence-electron chi connectivity index (χ3n) is 4.54. The van der Waals surface area contributed by atoms with Crippen LogP contribution in [0.25, 0.3) is 5.69 Å². The van der Waals surface area contributed by atoms with Crippen molar-refractivity contribution in [1.29, 1.82) is 0 Å². The van der Waals surface area contributed by atoms with Gasteiger partial charge in [0.1, 0.15) is 0 Å². The van der Waals surface area contributed by atoms with E-state index in [2.05, 4.69) is 34.3 Å². The molecule has 0 amide bonds. The Morgan fingerprint density at radius 3 is 2.39 bits per heavy atom. The summed E-state index contributed by atoms with van der Waals surface area (Å²) in [6.07, 6.45) is 3.03. The summed E-state index contributed by atoms with van der Waals surface area (Å²) in [6, 6.07) is 8.11. The fourth-order valence-corrected chi connectivity index (χ4v) is 3.06. The number of nitrogens with zero attached hydrogens (tertiary/aromatic N) is 4. The Kier molecular flexibility index (Phi) is 4.32. The van der Waals surface area contributed by atoms with E-state index in [0.717, 1.165) is 24.7 Å². The second kappa shape index (κ2) is 6.40. The lowest BCUT2D eigenvalue weighted by Crippen LogP contribution is -2.32. The molecule has 1 N–H and O–H groups in total. The van der Waals surface area contributed by atoms with Crippen molar-refractivity contribution in [1.82, 2.24) is 15.0 Å². The van der Waals surface area contributed by atoms with Crippen LogP contribution in [-0.4, -0.2) is 39.2 Å². The summed E-state index contributed by atoms with van der Waals surface area (Å²) in [5.41, 5.74) is 2.70. The molecule has 0 bridgehead atoms. The molecule has 0 spiro atoms. The number of hydrogen-bond donors (Lipinski definition) is 1. The fourth-order valence-electron chi connectivity index (χ4n) is 3.06. The minimum Gasteiger partial charge on any atom is -0.476 e.